The molecule has 2 aromatic rings. The summed E-state index contributed by atoms with van der Waals surface area (Å²) in [5.41, 5.74) is 2.19. The summed E-state index contributed by atoms with van der Waals surface area (Å²) in [6, 6.07) is 9.26. The van der Waals surface area contributed by atoms with Gasteiger partial charge in [-0.15, -0.1) is 0 Å². The molecule has 3 rings (SSSR count). The van der Waals surface area contributed by atoms with Crippen molar-refractivity contribution in [3.63, 3.8) is 0 Å². The molecule has 0 radical (unpaired) electrons. The fourth-order valence-corrected chi connectivity index (χ4v) is 3.79. The molecule has 20 heavy (non-hydrogen) atoms. The highest BCUT2D eigenvalue weighted by molar-refractivity contribution is 7.89. The Morgan fingerprint density at radius 1 is 1.35 bits per heavy atom. The van der Waals surface area contributed by atoms with Crippen LogP contribution >= 0.6 is 0 Å². The number of sulfonamides is 1. The van der Waals surface area contributed by atoms with Crippen LogP contribution in [0.1, 0.15) is 5.56 Å². The summed E-state index contributed by atoms with van der Waals surface area (Å²) in [7, 11) is -1.93. The van der Waals surface area contributed by atoms with Gasteiger partial charge in [0.1, 0.15) is 0 Å². The smallest absolute Gasteiger partial charge is 0.258 e. The second kappa shape index (κ2) is 4.92. The van der Waals surface area contributed by atoms with Gasteiger partial charge in [-0.05, 0) is 24.1 Å². The van der Waals surface area contributed by atoms with Crippen LogP contribution in [0.25, 0.3) is 0 Å². The summed E-state index contributed by atoms with van der Waals surface area (Å²) in [5.74, 6) is 0. The van der Waals surface area contributed by atoms with Crippen molar-refractivity contribution in [1.29, 1.82) is 0 Å². The van der Waals surface area contributed by atoms with E-state index in [2.05, 4.69) is 15.1 Å². The van der Waals surface area contributed by atoms with Crippen molar-refractivity contribution < 1.29 is 8.42 Å². The number of hydrogen-bond acceptors (Lipinski definition) is 4. The van der Waals surface area contributed by atoms with E-state index in [-0.39, 0.29) is 11.1 Å². The van der Waals surface area contributed by atoms with Crippen LogP contribution in [0.5, 0.6) is 0 Å². The van der Waals surface area contributed by atoms with E-state index in [1.165, 1.54) is 16.9 Å². The number of anilines is 1. The molecule has 1 aromatic heterocycles. The zero-order valence-electron chi connectivity index (χ0n) is 11.1. The Balaban J connectivity index is 1.79. The average Bonchev–Trinajstić information content (AvgIpc) is 2.85. The van der Waals surface area contributed by atoms with Gasteiger partial charge in [0.25, 0.3) is 10.0 Å². The molecule has 1 atom stereocenters. The summed E-state index contributed by atoms with van der Waals surface area (Å²) in [6.07, 6.45) is 2.16. The molecule has 1 aliphatic heterocycles. The number of fused-ring (bicyclic) bond motifs is 1. The molecule has 0 aliphatic carbocycles. The van der Waals surface area contributed by atoms with Crippen LogP contribution in [0.3, 0.4) is 0 Å². The van der Waals surface area contributed by atoms with Crippen LogP contribution in [0.4, 0.5) is 5.69 Å². The van der Waals surface area contributed by atoms with Crippen molar-refractivity contribution in [1.82, 2.24) is 14.5 Å². The third-order valence-electron chi connectivity index (χ3n) is 3.40. The second-order valence-corrected chi connectivity index (χ2v) is 6.51. The maximum atomic E-state index is 12.3. The molecule has 0 bridgehead atoms. The molecular weight excluding hydrogens is 276 g/mol. The van der Waals surface area contributed by atoms with Crippen molar-refractivity contribution in [3.05, 3.63) is 42.1 Å². The van der Waals surface area contributed by atoms with Gasteiger partial charge in [-0.3, -0.25) is 4.68 Å². The Labute approximate surface area is 117 Å². The van der Waals surface area contributed by atoms with Crippen LogP contribution in [0, 0.1) is 0 Å². The number of aromatic nitrogens is 2. The van der Waals surface area contributed by atoms with E-state index in [4.69, 9.17) is 0 Å². The number of nitrogens with one attached hydrogen (secondary N) is 2. The van der Waals surface area contributed by atoms with Crippen molar-refractivity contribution in [2.45, 2.75) is 17.5 Å². The zero-order chi connectivity index (χ0) is 14.2. The summed E-state index contributed by atoms with van der Waals surface area (Å²) < 4.78 is 28.7. The first-order valence-electron chi connectivity index (χ1n) is 6.38. The predicted molar refractivity (Wildman–Crippen MR) is 76.0 cm³/mol. The molecule has 1 aliphatic rings. The molecule has 0 amide bonds. The van der Waals surface area contributed by atoms with E-state index < -0.39 is 10.0 Å². The van der Waals surface area contributed by atoms with Crippen molar-refractivity contribution in [3.8, 4) is 0 Å². The first-order valence-corrected chi connectivity index (χ1v) is 7.87. The number of rotatable bonds is 3. The quantitative estimate of drug-likeness (QED) is 0.874. The summed E-state index contributed by atoms with van der Waals surface area (Å²) in [4.78, 5) is 0. The maximum Gasteiger partial charge on any atom is 0.258 e. The van der Waals surface area contributed by atoms with E-state index in [0.717, 1.165) is 11.3 Å². The maximum absolute atomic E-state index is 12.3. The predicted octanol–water partition coefficient (Wildman–Crippen LogP) is 0.735. The number of benzene rings is 1. The van der Waals surface area contributed by atoms with Crippen LogP contribution in [-0.2, 0) is 23.5 Å². The number of aryl methyl sites for hydroxylation is 1. The molecular formula is C13H16N4O2S. The second-order valence-electron chi connectivity index (χ2n) is 4.85. The van der Waals surface area contributed by atoms with Crippen molar-refractivity contribution in [2.75, 3.05) is 11.9 Å². The van der Waals surface area contributed by atoms with Gasteiger partial charge in [-0.1, -0.05) is 18.2 Å². The first-order chi connectivity index (χ1) is 9.56. The van der Waals surface area contributed by atoms with Crippen molar-refractivity contribution >= 4 is 15.7 Å². The largest absolute Gasteiger partial charge is 0.383 e. The molecule has 2 N–H and O–H groups in total. The van der Waals surface area contributed by atoms with Gasteiger partial charge < -0.3 is 5.32 Å². The van der Waals surface area contributed by atoms with Gasteiger partial charge in [0.2, 0.25) is 0 Å². The van der Waals surface area contributed by atoms with Gasteiger partial charge >= 0.3 is 0 Å². The molecule has 6 nitrogen and oxygen atoms in total. The summed E-state index contributed by atoms with van der Waals surface area (Å²) >= 11 is 0. The summed E-state index contributed by atoms with van der Waals surface area (Å²) in [6.45, 7) is 0.577. The summed E-state index contributed by atoms with van der Waals surface area (Å²) in [5, 5.41) is 7.32. The lowest BCUT2D eigenvalue weighted by atomic mass is 10.0. The molecule has 0 spiro atoms. The highest BCUT2D eigenvalue weighted by Crippen LogP contribution is 2.21. The lowest BCUT2D eigenvalue weighted by molar-refractivity contribution is 0.535. The lowest BCUT2D eigenvalue weighted by Gasteiger charge is -2.26. The molecule has 0 saturated heterocycles. The topological polar surface area (TPSA) is 76.0 Å². The first kappa shape index (κ1) is 13.1. The third kappa shape index (κ3) is 2.41. The fourth-order valence-electron chi connectivity index (χ4n) is 2.43. The minimum Gasteiger partial charge on any atom is -0.383 e. The highest BCUT2D eigenvalue weighted by atomic mass is 32.2. The van der Waals surface area contributed by atoms with Crippen molar-refractivity contribution in [2.24, 2.45) is 7.05 Å². The monoisotopic (exact) mass is 292 g/mol. The van der Waals surface area contributed by atoms with Gasteiger partial charge in [0.05, 0.1) is 6.20 Å². The number of para-hydroxylation sites is 1. The van der Waals surface area contributed by atoms with Crippen LogP contribution in [-0.4, -0.2) is 30.8 Å². The van der Waals surface area contributed by atoms with Gasteiger partial charge in [0, 0.05) is 25.3 Å². The van der Waals surface area contributed by atoms with Gasteiger partial charge in [-0.25, -0.2) is 13.1 Å². The minimum absolute atomic E-state index is 0.162. The molecule has 106 valence electrons. The minimum atomic E-state index is -3.54. The standard InChI is InChI=1S/C13H16N4O2S/c1-17-13(6-7-15-17)20(18,19)16-11-8-10-4-2-3-5-12(10)14-9-11/h2-7,11,14,16H,8-9H2,1H3. The van der Waals surface area contributed by atoms with E-state index in [9.17, 15) is 8.42 Å². The van der Waals surface area contributed by atoms with Crippen LogP contribution in [0.15, 0.2) is 41.6 Å². The van der Waals surface area contributed by atoms with Gasteiger partial charge in [-0.2, -0.15) is 5.10 Å². The molecule has 1 aromatic carbocycles. The Hall–Kier alpha value is -1.86. The number of nitrogens with zero attached hydrogens (tertiary/aromatic N) is 2. The van der Waals surface area contributed by atoms with E-state index in [1.54, 1.807) is 7.05 Å². The zero-order valence-corrected chi connectivity index (χ0v) is 11.9. The van der Waals surface area contributed by atoms with E-state index >= 15 is 0 Å². The third-order valence-corrected chi connectivity index (χ3v) is 4.99. The van der Waals surface area contributed by atoms with E-state index in [1.807, 2.05) is 24.3 Å². The molecule has 7 heteroatoms. The molecule has 1 unspecified atom stereocenters. The van der Waals surface area contributed by atoms with Crippen LogP contribution in [0.2, 0.25) is 0 Å². The normalized spacial score (nSPS) is 18.4. The Morgan fingerprint density at radius 2 is 2.15 bits per heavy atom. The van der Waals surface area contributed by atoms with E-state index in [0.29, 0.717) is 13.0 Å². The Bertz CT molecular complexity index is 723. The number of hydrogen-bond donors (Lipinski definition) is 2. The van der Waals surface area contributed by atoms with Crippen LogP contribution < -0.4 is 10.0 Å². The molecule has 2 heterocycles. The van der Waals surface area contributed by atoms with Gasteiger partial charge in [0.15, 0.2) is 5.03 Å². The average molecular weight is 292 g/mol. The molecule has 0 fully saturated rings. The Morgan fingerprint density at radius 3 is 2.90 bits per heavy atom. The lowest BCUT2D eigenvalue weighted by Crippen LogP contribution is -2.43. The molecule has 0 saturated carbocycles. The Kier molecular flexibility index (Phi) is 3.23. The highest BCUT2D eigenvalue weighted by Gasteiger charge is 2.25. The fraction of sp³-hybridized carbons (Fsp3) is 0.308. The SMILES string of the molecule is Cn1nccc1S(=O)(=O)NC1CNc2ccccc2C1.